The second kappa shape index (κ2) is 4.61. The minimum Gasteiger partial charge on any atom is -0.399 e. The summed E-state index contributed by atoms with van der Waals surface area (Å²) in [4.78, 5) is 4.20. The Hall–Kier alpha value is -2.56. The molecule has 5 heteroatoms. The fourth-order valence-electron chi connectivity index (χ4n) is 2.08. The molecule has 0 unspecified atom stereocenters. The van der Waals surface area contributed by atoms with Gasteiger partial charge in [0.2, 0.25) is 0 Å². The van der Waals surface area contributed by atoms with Crippen LogP contribution in [0.15, 0.2) is 42.7 Å². The number of nitrogen functional groups attached to an aromatic ring is 1. The summed E-state index contributed by atoms with van der Waals surface area (Å²) in [6.07, 6.45) is 1.56. The predicted octanol–water partition coefficient (Wildman–Crippen LogP) is 2.23. The lowest BCUT2D eigenvalue weighted by Gasteiger charge is -2.09. The van der Waals surface area contributed by atoms with Crippen molar-refractivity contribution in [3.05, 3.63) is 53.9 Å². The maximum Gasteiger partial charge on any atom is 0.157 e. The molecule has 0 aliphatic rings. The first-order valence-electron chi connectivity index (χ1n) is 6.11. The van der Waals surface area contributed by atoms with Crippen LogP contribution in [-0.4, -0.2) is 14.6 Å². The number of rotatable bonds is 3. The van der Waals surface area contributed by atoms with E-state index in [0.29, 0.717) is 6.54 Å². The standard InChI is InChI=1S/C14H15N5/c1-10-5-13(19-14(6-10)17-9-18-19)16-8-11-3-2-4-12(15)7-11/h2-7,9,16H,8,15H2,1H3. The fraction of sp³-hybridized carbons (Fsp3) is 0.143. The van der Waals surface area contributed by atoms with Crippen molar-refractivity contribution < 1.29 is 0 Å². The zero-order valence-corrected chi connectivity index (χ0v) is 10.7. The molecule has 5 nitrogen and oxygen atoms in total. The summed E-state index contributed by atoms with van der Waals surface area (Å²) in [5.74, 6) is 0.926. The Kier molecular flexibility index (Phi) is 2.79. The van der Waals surface area contributed by atoms with Crippen LogP contribution in [0.2, 0.25) is 0 Å². The van der Waals surface area contributed by atoms with E-state index < -0.39 is 0 Å². The van der Waals surface area contributed by atoms with Gasteiger partial charge in [-0.15, -0.1) is 0 Å². The van der Waals surface area contributed by atoms with E-state index in [1.165, 1.54) is 0 Å². The molecule has 19 heavy (non-hydrogen) atoms. The Labute approximate surface area is 111 Å². The van der Waals surface area contributed by atoms with Crippen LogP contribution in [-0.2, 0) is 6.54 Å². The molecule has 0 spiro atoms. The zero-order valence-electron chi connectivity index (χ0n) is 10.7. The van der Waals surface area contributed by atoms with Gasteiger partial charge < -0.3 is 11.1 Å². The van der Waals surface area contributed by atoms with Crippen molar-refractivity contribution in [1.82, 2.24) is 14.6 Å². The molecule has 0 aliphatic carbocycles. The van der Waals surface area contributed by atoms with E-state index in [9.17, 15) is 0 Å². The minimum absolute atomic E-state index is 0.698. The Morgan fingerprint density at radius 3 is 3.00 bits per heavy atom. The van der Waals surface area contributed by atoms with Crippen LogP contribution in [0.25, 0.3) is 5.65 Å². The lowest BCUT2D eigenvalue weighted by atomic mass is 10.2. The molecule has 0 atom stereocenters. The quantitative estimate of drug-likeness (QED) is 0.702. The van der Waals surface area contributed by atoms with Gasteiger partial charge in [-0.25, -0.2) is 4.98 Å². The Bertz CT molecular complexity index is 717. The van der Waals surface area contributed by atoms with Crippen LogP contribution in [0.1, 0.15) is 11.1 Å². The molecule has 0 saturated carbocycles. The number of nitrogens with two attached hydrogens (primary N) is 1. The normalized spacial score (nSPS) is 10.8. The highest BCUT2D eigenvalue weighted by Gasteiger charge is 2.03. The summed E-state index contributed by atoms with van der Waals surface area (Å²) in [5, 5.41) is 7.57. The molecule has 2 aromatic heterocycles. The van der Waals surface area contributed by atoms with Gasteiger partial charge in [0.15, 0.2) is 5.65 Å². The fourth-order valence-corrected chi connectivity index (χ4v) is 2.08. The van der Waals surface area contributed by atoms with Gasteiger partial charge >= 0.3 is 0 Å². The first-order valence-corrected chi connectivity index (χ1v) is 6.11. The second-order valence-electron chi connectivity index (χ2n) is 4.55. The van der Waals surface area contributed by atoms with Gasteiger partial charge in [0.25, 0.3) is 0 Å². The van der Waals surface area contributed by atoms with Crippen molar-refractivity contribution in [2.24, 2.45) is 0 Å². The molecule has 0 aliphatic heterocycles. The molecule has 3 N–H and O–H groups in total. The molecule has 0 radical (unpaired) electrons. The molecule has 96 valence electrons. The summed E-state index contributed by atoms with van der Waals surface area (Å²) >= 11 is 0. The van der Waals surface area contributed by atoms with Crippen molar-refractivity contribution in [3.8, 4) is 0 Å². The van der Waals surface area contributed by atoms with Gasteiger partial charge in [0.05, 0.1) is 0 Å². The summed E-state index contributed by atoms with van der Waals surface area (Å²) in [6, 6.07) is 11.9. The number of hydrogen-bond acceptors (Lipinski definition) is 4. The van der Waals surface area contributed by atoms with Gasteiger partial charge in [-0.2, -0.15) is 9.61 Å². The van der Waals surface area contributed by atoms with E-state index in [-0.39, 0.29) is 0 Å². The van der Waals surface area contributed by atoms with Crippen molar-refractivity contribution in [3.63, 3.8) is 0 Å². The first kappa shape index (κ1) is 11.5. The number of benzene rings is 1. The number of fused-ring (bicyclic) bond motifs is 1. The SMILES string of the molecule is Cc1cc(NCc2cccc(N)c2)n2ncnc2c1. The number of aryl methyl sites for hydroxylation is 1. The van der Waals surface area contributed by atoms with Crippen LogP contribution < -0.4 is 11.1 Å². The van der Waals surface area contributed by atoms with Gasteiger partial charge in [0, 0.05) is 12.2 Å². The molecular weight excluding hydrogens is 238 g/mol. The first-order chi connectivity index (χ1) is 9.22. The highest BCUT2D eigenvalue weighted by molar-refractivity contribution is 5.52. The van der Waals surface area contributed by atoms with Crippen LogP contribution in [0.5, 0.6) is 0 Å². The number of nitrogens with one attached hydrogen (secondary N) is 1. The molecule has 0 fully saturated rings. The summed E-state index contributed by atoms with van der Waals surface area (Å²) in [7, 11) is 0. The Morgan fingerprint density at radius 1 is 1.26 bits per heavy atom. The van der Waals surface area contributed by atoms with Crippen molar-refractivity contribution >= 4 is 17.2 Å². The molecule has 1 aromatic carbocycles. The molecule has 3 rings (SSSR count). The number of nitrogens with zero attached hydrogens (tertiary/aromatic N) is 3. The van der Waals surface area contributed by atoms with Gasteiger partial charge in [0.1, 0.15) is 12.1 Å². The Balaban J connectivity index is 1.87. The van der Waals surface area contributed by atoms with Crippen molar-refractivity contribution in [2.45, 2.75) is 13.5 Å². The number of hydrogen-bond donors (Lipinski definition) is 2. The summed E-state index contributed by atoms with van der Waals surface area (Å²) in [6.45, 7) is 2.74. The average molecular weight is 253 g/mol. The lowest BCUT2D eigenvalue weighted by Crippen LogP contribution is -2.05. The highest BCUT2D eigenvalue weighted by Crippen LogP contribution is 2.15. The number of anilines is 2. The van der Waals surface area contributed by atoms with Crippen LogP contribution in [0, 0.1) is 6.92 Å². The van der Waals surface area contributed by atoms with Gasteiger partial charge in [-0.05, 0) is 42.3 Å². The third kappa shape index (κ3) is 2.35. The third-order valence-electron chi connectivity index (χ3n) is 2.95. The molecular formula is C14H15N5. The van der Waals surface area contributed by atoms with Crippen molar-refractivity contribution in [1.29, 1.82) is 0 Å². The maximum absolute atomic E-state index is 5.77. The van der Waals surface area contributed by atoms with E-state index in [0.717, 1.165) is 28.3 Å². The monoisotopic (exact) mass is 253 g/mol. The molecule has 3 aromatic rings. The van der Waals surface area contributed by atoms with Crippen molar-refractivity contribution in [2.75, 3.05) is 11.1 Å². The lowest BCUT2D eigenvalue weighted by molar-refractivity contribution is 0.941. The van der Waals surface area contributed by atoms with E-state index in [2.05, 4.69) is 15.4 Å². The third-order valence-corrected chi connectivity index (χ3v) is 2.95. The van der Waals surface area contributed by atoms with Crippen LogP contribution in [0.4, 0.5) is 11.5 Å². The second-order valence-corrected chi connectivity index (χ2v) is 4.55. The number of aromatic nitrogens is 3. The summed E-state index contributed by atoms with van der Waals surface area (Å²) < 4.78 is 1.79. The summed E-state index contributed by atoms with van der Waals surface area (Å²) in [5.41, 5.74) is 9.67. The molecule has 0 saturated heterocycles. The largest absolute Gasteiger partial charge is 0.399 e. The van der Waals surface area contributed by atoms with Gasteiger partial charge in [-0.1, -0.05) is 12.1 Å². The molecule has 0 amide bonds. The topological polar surface area (TPSA) is 68.2 Å². The van der Waals surface area contributed by atoms with Crippen LogP contribution in [0.3, 0.4) is 0 Å². The molecule has 0 bridgehead atoms. The van der Waals surface area contributed by atoms with E-state index in [4.69, 9.17) is 5.73 Å². The molecule has 2 heterocycles. The average Bonchev–Trinajstić information content (AvgIpc) is 2.84. The Morgan fingerprint density at radius 2 is 2.16 bits per heavy atom. The maximum atomic E-state index is 5.77. The highest BCUT2D eigenvalue weighted by atomic mass is 15.3. The van der Waals surface area contributed by atoms with Crippen LogP contribution >= 0.6 is 0 Å². The smallest absolute Gasteiger partial charge is 0.157 e. The van der Waals surface area contributed by atoms with E-state index >= 15 is 0 Å². The number of pyridine rings is 1. The zero-order chi connectivity index (χ0) is 13.2. The van der Waals surface area contributed by atoms with E-state index in [1.54, 1.807) is 10.8 Å². The predicted molar refractivity (Wildman–Crippen MR) is 75.9 cm³/mol. The van der Waals surface area contributed by atoms with Gasteiger partial charge in [-0.3, -0.25) is 0 Å². The minimum atomic E-state index is 0.698. The van der Waals surface area contributed by atoms with E-state index in [1.807, 2.05) is 43.3 Å².